The summed E-state index contributed by atoms with van der Waals surface area (Å²) >= 11 is 0. The van der Waals surface area contributed by atoms with Crippen molar-refractivity contribution >= 4 is 5.91 Å². The Balaban J connectivity index is 1.83. The molecule has 2 aromatic carbocycles. The van der Waals surface area contributed by atoms with Crippen LogP contribution in [-0.4, -0.2) is 19.1 Å². The molecular formula is C22H26N2O2. The topological polar surface area (TPSA) is 50.4 Å². The van der Waals surface area contributed by atoms with Crippen LogP contribution in [0.15, 0.2) is 48.5 Å². The van der Waals surface area contributed by atoms with E-state index in [1.54, 1.807) is 0 Å². The third-order valence-electron chi connectivity index (χ3n) is 3.96. The molecule has 1 amide bonds. The molecule has 26 heavy (non-hydrogen) atoms. The van der Waals surface area contributed by atoms with Gasteiger partial charge in [-0.2, -0.15) is 0 Å². The van der Waals surface area contributed by atoms with E-state index in [4.69, 9.17) is 11.2 Å². The van der Waals surface area contributed by atoms with E-state index in [-0.39, 0.29) is 12.5 Å². The van der Waals surface area contributed by atoms with Crippen LogP contribution in [-0.2, 0) is 13.1 Å². The SMILES string of the molecule is C#CCOc1ccccc1CNCc1ccc(C(=O)NCCCC)cc1. The molecule has 0 saturated carbocycles. The summed E-state index contributed by atoms with van der Waals surface area (Å²) in [7, 11) is 0. The lowest BCUT2D eigenvalue weighted by Crippen LogP contribution is -2.24. The molecule has 4 nitrogen and oxygen atoms in total. The molecule has 0 heterocycles. The fourth-order valence-corrected chi connectivity index (χ4v) is 2.51. The van der Waals surface area contributed by atoms with Gasteiger partial charge in [-0.3, -0.25) is 4.79 Å². The molecule has 4 heteroatoms. The van der Waals surface area contributed by atoms with Crippen molar-refractivity contribution in [3.63, 3.8) is 0 Å². The van der Waals surface area contributed by atoms with Gasteiger partial charge in [-0.15, -0.1) is 6.42 Å². The molecule has 0 aliphatic carbocycles. The third kappa shape index (κ3) is 6.27. The number of carbonyl (C=O) groups excluding carboxylic acids is 1. The minimum absolute atomic E-state index is 0.0162. The fourth-order valence-electron chi connectivity index (χ4n) is 2.51. The van der Waals surface area contributed by atoms with Gasteiger partial charge in [-0.05, 0) is 30.2 Å². The number of nitrogens with one attached hydrogen (secondary N) is 2. The second-order valence-corrected chi connectivity index (χ2v) is 6.01. The summed E-state index contributed by atoms with van der Waals surface area (Å²) in [5, 5.41) is 6.32. The number of rotatable bonds is 10. The minimum Gasteiger partial charge on any atom is -0.481 e. The molecule has 0 radical (unpaired) electrons. The molecule has 2 aromatic rings. The Bertz CT molecular complexity index is 733. The maximum atomic E-state index is 12.0. The van der Waals surface area contributed by atoms with Gasteiger partial charge in [0.2, 0.25) is 0 Å². The first-order valence-corrected chi connectivity index (χ1v) is 8.96. The van der Waals surface area contributed by atoms with E-state index in [0.717, 1.165) is 36.3 Å². The second kappa shape index (κ2) is 11.0. The molecule has 0 unspecified atom stereocenters. The molecule has 2 rings (SSSR count). The van der Waals surface area contributed by atoms with Crippen LogP contribution in [0.3, 0.4) is 0 Å². The van der Waals surface area contributed by atoms with E-state index in [2.05, 4.69) is 23.5 Å². The number of carbonyl (C=O) groups is 1. The molecule has 0 spiro atoms. The quantitative estimate of drug-likeness (QED) is 0.509. The van der Waals surface area contributed by atoms with Crippen LogP contribution in [0.4, 0.5) is 0 Å². The van der Waals surface area contributed by atoms with E-state index < -0.39 is 0 Å². The van der Waals surface area contributed by atoms with Crippen LogP contribution in [0.5, 0.6) is 5.75 Å². The zero-order valence-corrected chi connectivity index (χ0v) is 15.3. The zero-order valence-electron chi connectivity index (χ0n) is 15.3. The van der Waals surface area contributed by atoms with Gasteiger partial charge in [-0.25, -0.2) is 0 Å². The van der Waals surface area contributed by atoms with Crippen molar-refractivity contribution in [3.8, 4) is 18.1 Å². The number of para-hydroxylation sites is 1. The Hall–Kier alpha value is -2.77. The van der Waals surface area contributed by atoms with Crippen LogP contribution in [0.25, 0.3) is 0 Å². The number of benzene rings is 2. The van der Waals surface area contributed by atoms with Crippen LogP contribution >= 0.6 is 0 Å². The predicted octanol–water partition coefficient (Wildman–Crippen LogP) is 3.52. The van der Waals surface area contributed by atoms with E-state index in [1.807, 2.05) is 48.5 Å². The molecule has 0 aromatic heterocycles. The summed E-state index contributed by atoms with van der Waals surface area (Å²) in [6, 6.07) is 15.5. The first-order valence-electron chi connectivity index (χ1n) is 8.96. The van der Waals surface area contributed by atoms with Crippen LogP contribution in [0, 0.1) is 12.3 Å². The average Bonchev–Trinajstić information content (AvgIpc) is 2.68. The number of hydrogen-bond donors (Lipinski definition) is 2. The third-order valence-corrected chi connectivity index (χ3v) is 3.96. The Morgan fingerprint density at radius 3 is 2.62 bits per heavy atom. The lowest BCUT2D eigenvalue weighted by atomic mass is 10.1. The lowest BCUT2D eigenvalue weighted by molar-refractivity contribution is 0.0953. The Morgan fingerprint density at radius 2 is 1.88 bits per heavy atom. The monoisotopic (exact) mass is 350 g/mol. The standard InChI is InChI=1S/C22H26N2O2/c1-3-5-14-24-22(25)19-12-10-18(11-13-19)16-23-17-20-8-6-7-9-21(20)26-15-4-2/h2,6-13,23H,3,5,14-17H2,1H3,(H,24,25). The van der Waals surface area contributed by atoms with Gasteiger partial charge in [0.15, 0.2) is 0 Å². The second-order valence-electron chi connectivity index (χ2n) is 6.01. The molecular weight excluding hydrogens is 324 g/mol. The number of ether oxygens (including phenoxy) is 1. The Morgan fingerprint density at radius 1 is 1.12 bits per heavy atom. The first-order chi connectivity index (χ1) is 12.7. The van der Waals surface area contributed by atoms with Gasteiger partial charge >= 0.3 is 0 Å². The maximum absolute atomic E-state index is 12.0. The van der Waals surface area contributed by atoms with Crippen molar-refractivity contribution in [3.05, 3.63) is 65.2 Å². The summed E-state index contributed by atoms with van der Waals surface area (Å²) in [6.07, 6.45) is 7.32. The number of amides is 1. The first kappa shape index (κ1) is 19.6. The average molecular weight is 350 g/mol. The highest BCUT2D eigenvalue weighted by molar-refractivity contribution is 5.94. The van der Waals surface area contributed by atoms with Gasteiger partial charge in [-0.1, -0.05) is 49.6 Å². The van der Waals surface area contributed by atoms with Crippen molar-refractivity contribution in [1.82, 2.24) is 10.6 Å². The van der Waals surface area contributed by atoms with Crippen LogP contribution in [0.2, 0.25) is 0 Å². The molecule has 0 aliphatic rings. The summed E-state index contributed by atoms with van der Waals surface area (Å²) in [6.45, 7) is 4.48. The lowest BCUT2D eigenvalue weighted by Gasteiger charge is -2.11. The van der Waals surface area contributed by atoms with Crippen molar-refractivity contribution in [2.45, 2.75) is 32.9 Å². The van der Waals surface area contributed by atoms with Gasteiger partial charge in [0.1, 0.15) is 12.4 Å². The zero-order chi connectivity index (χ0) is 18.6. The highest BCUT2D eigenvalue weighted by Crippen LogP contribution is 2.17. The van der Waals surface area contributed by atoms with Crippen molar-refractivity contribution in [2.24, 2.45) is 0 Å². The van der Waals surface area contributed by atoms with Crippen molar-refractivity contribution in [1.29, 1.82) is 0 Å². The summed E-state index contributed by atoms with van der Waals surface area (Å²) in [5.74, 6) is 3.27. The number of hydrogen-bond acceptors (Lipinski definition) is 3. The minimum atomic E-state index is -0.0162. The summed E-state index contributed by atoms with van der Waals surface area (Å²) in [5.41, 5.74) is 2.88. The van der Waals surface area contributed by atoms with Crippen molar-refractivity contribution < 1.29 is 9.53 Å². The molecule has 0 atom stereocenters. The maximum Gasteiger partial charge on any atom is 0.251 e. The smallest absolute Gasteiger partial charge is 0.251 e. The van der Waals surface area contributed by atoms with Gasteiger partial charge in [0.25, 0.3) is 5.91 Å². The van der Waals surface area contributed by atoms with E-state index in [0.29, 0.717) is 18.7 Å². The van der Waals surface area contributed by atoms with E-state index in [1.165, 1.54) is 0 Å². The summed E-state index contributed by atoms with van der Waals surface area (Å²) < 4.78 is 5.55. The Kier molecular flexibility index (Phi) is 8.25. The molecule has 2 N–H and O–H groups in total. The molecule has 0 bridgehead atoms. The van der Waals surface area contributed by atoms with E-state index >= 15 is 0 Å². The molecule has 0 saturated heterocycles. The van der Waals surface area contributed by atoms with E-state index in [9.17, 15) is 4.79 Å². The van der Waals surface area contributed by atoms with Gasteiger partial charge < -0.3 is 15.4 Å². The highest BCUT2D eigenvalue weighted by Gasteiger charge is 2.05. The predicted molar refractivity (Wildman–Crippen MR) is 105 cm³/mol. The largest absolute Gasteiger partial charge is 0.481 e. The Labute approximate surface area is 156 Å². The number of terminal acetylenes is 1. The molecule has 0 fully saturated rings. The van der Waals surface area contributed by atoms with Gasteiger partial charge in [0, 0.05) is 30.8 Å². The molecule has 136 valence electrons. The van der Waals surface area contributed by atoms with Crippen LogP contribution < -0.4 is 15.4 Å². The van der Waals surface area contributed by atoms with Gasteiger partial charge in [0.05, 0.1) is 0 Å². The highest BCUT2D eigenvalue weighted by atomic mass is 16.5. The van der Waals surface area contributed by atoms with Crippen molar-refractivity contribution in [2.75, 3.05) is 13.2 Å². The fraction of sp³-hybridized carbons (Fsp3) is 0.318. The molecule has 0 aliphatic heterocycles. The normalized spacial score (nSPS) is 10.2. The number of unbranched alkanes of at least 4 members (excludes halogenated alkanes) is 1. The van der Waals surface area contributed by atoms with Crippen LogP contribution in [0.1, 0.15) is 41.3 Å². The summed E-state index contributed by atoms with van der Waals surface area (Å²) in [4.78, 5) is 12.0.